The van der Waals surface area contributed by atoms with Gasteiger partial charge in [0.05, 0.1) is 12.1 Å². The Balaban J connectivity index is 2.17. The van der Waals surface area contributed by atoms with E-state index in [-0.39, 0.29) is 23.8 Å². The fraction of sp³-hybridized carbons (Fsp3) is 0.667. The van der Waals surface area contributed by atoms with E-state index in [9.17, 15) is 5.11 Å². The average Bonchev–Trinajstić information content (AvgIpc) is 3.23. The fourth-order valence-corrected chi connectivity index (χ4v) is 2.87. The Morgan fingerprint density at radius 2 is 2.22 bits per heavy atom. The van der Waals surface area contributed by atoms with E-state index in [4.69, 9.17) is 16.3 Å². The van der Waals surface area contributed by atoms with Crippen molar-refractivity contribution in [2.45, 2.75) is 25.4 Å². The quantitative estimate of drug-likeness (QED) is 0.284. The molecule has 6 heteroatoms. The van der Waals surface area contributed by atoms with Gasteiger partial charge >= 0.3 is 0 Å². The minimum absolute atomic E-state index is 0.0588. The summed E-state index contributed by atoms with van der Waals surface area (Å²) in [6.45, 7) is 2.10. The first-order valence-electron chi connectivity index (χ1n) is 5.98. The van der Waals surface area contributed by atoms with Gasteiger partial charge in [-0.25, -0.2) is 0 Å². The molecule has 0 aromatic heterocycles. The molecule has 0 radical (unpaired) electrons. The van der Waals surface area contributed by atoms with Crippen molar-refractivity contribution >= 4 is 12.4 Å². The second-order valence-electron chi connectivity index (χ2n) is 5.39. The van der Waals surface area contributed by atoms with Crippen molar-refractivity contribution in [2.75, 3.05) is 6.54 Å². The summed E-state index contributed by atoms with van der Waals surface area (Å²) in [5.41, 5.74) is 7.97. The van der Waals surface area contributed by atoms with Crippen LogP contribution in [0.2, 0.25) is 0 Å². The van der Waals surface area contributed by atoms with Crippen molar-refractivity contribution in [1.82, 2.24) is 0 Å². The van der Waals surface area contributed by atoms with E-state index in [0.717, 1.165) is 12.8 Å². The Bertz CT molecular complexity index is 461. The summed E-state index contributed by atoms with van der Waals surface area (Å²) in [7, 11) is 0. The number of nitrogens with zero attached hydrogens (tertiary/aromatic N) is 3. The minimum atomic E-state index is -0.626. The lowest BCUT2D eigenvalue weighted by atomic mass is 10.0. The Labute approximate surface area is 105 Å². The molecular weight excluding hydrogens is 230 g/mol. The van der Waals surface area contributed by atoms with E-state index in [1.165, 1.54) is 12.4 Å². The highest BCUT2D eigenvalue weighted by Crippen LogP contribution is 2.68. The Hall–Kier alpha value is -1.65. The topological polar surface area (TPSA) is 117 Å². The highest BCUT2D eigenvalue weighted by molar-refractivity contribution is 5.78. The minimum Gasteiger partial charge on any atom is -0.390 e. The van der Waals surface area contributed by atoms with Gasteiger partial charge in [0.1, 0.15) is 0 Å². The van der Waals surface area contributed by atoms with Crippen molar-refractivity contribution in [2.24, 2.45) is 22.4 Å². The molecule has 6 nitrogen and oxygen atoms in total. The molecule has 18 heavy (non-hydrogen) atoms. The average molecular weight is 247 g/mol. The van der Waals surface area contributed by atoms with E-state index in [1.807, 2.05) is 13.0 Å². The molecule has 96 valence electrons. The Kier molecular flexibility index (Phi) is 3.00. The molecule has 0 aromatic carbocycles. The number of aliphatic hydroxyl groups is 1. The van der Waals surface area contributed by atoms with Crippen molar-refractivity contribution < 1.29 is 5.11 Å². The van der Waals surface area contributed by atoms with E-state index < -0.39 is 5.60 Å². The third kappa shape index (κ3) is 1.94. The molecular formula is C12H17N5O. The smallest absolute Gasteiger partial charge is 0.0692 e. The number of azide groups is 1. The van der Waals surface area contributed by atoms with Gasteiger partial charge in [0, 0.05) is 28.7 Å². The van der Waals surface area contributed by atoms with Crippen LogP contribution in [0, 0.1) is 28.1 Å². The molecule has 0 saturated heterocycles. The molecule has 0 aliphatic heterocycles. The van der Waals surface area contributed by atoms with Crippen molar-refractivity contribution in [3.63, 3.8) is 0 Å². The van der Waals surface area contributed by atoms with Crippen LogP contribution < -0.4 is 0 Å². The van der Waals surface area contributed by atoms with Crippen molar-refractivity contribution in [3.8, 4) is 0 Å². The normalized spacial score (nSPS) is 36.4. The van der Waals surface area contributed by atoms with Crippen LogP contribution in [0.1, 0.15) is 19.8 Å². The van der Waals surface area contributed by atoms with E-state index in [0.29, 0.717) is 5.57 Å². The molecule has 0 spiro atoms. The van der Waals surface area contributed by atoms with Crippen LogP contribution in [0.3, 0.4) is 0 Å². The van der Waals surface area contributed by atoms with Crippen molar-refractivity contribution in [1.29, 1.82) is 10.8 Å². The van der Waals surface area contributed by atoms with Gasteiger partial charge in [-0.05, 0) is 29.9 Å². The van der Waals surface area contributed by atoms with Crippen LogP contribution in [0.25, 0.3) is 10.4 Å². The highest BCUT2D eigenvalue weighted by Gasteiger charge is 2.70. The summed E-state index contributed by atoms with van der Waals surface area (Å²) in [6.07, 6.45) is 6.02. The third-order valence-corrected chi connectivity index (χ3v) is 4.19. The number of hydrogen-bond donors (Lipinski definition) is 3. The molecule has 3 N–H and O–H groups in total. The summed E-state index contributed by atoms with van der Waals surface area (Å²) in [6, 6.07) is 0. The first-order chi connectivity index (χ1) is 8.51. The lowest BCUT2D eigenvalue weighted by molar-refractivity contribution is 0.114. The Morgan fingerprint density at radius 1 is 1.56 bits per heavy atom. The molecule has 3 unspecified atom stereocenters. The number of allylic oxidation sites excluding steroid dienone is 1. The zero-order valence-corrected chi connectivity index (χ0v) is 10.3. The summed E-state index contributed by atoms with van der Waals surface area (Å²) < 4.78 is 0. The maximum absolute atomic E-state index is 10.2. The van der Waals surface area contributed by atoms with Crippen LogP contribution in [-0.2, 0) is 0 Å². The van der Waals surface area contributed by atoms with Gasteiger partial charge in [-0.15, -0.1) is 0 Å². The van der Waals surface area contributed by atoms with Crippen LogP contribution in [0.15, 0.2) is 16.8 Å². The standard InChI is InChI=1S/C12H17N5O/c1-11(7-14)9(10(11)12(18)2-3-12)4-8(5-13)6-16-17-15/h4-5,7,9-10,13-14,18H,2-3,6H2,1H3/b8-4+,13-5?,14-7?. The predicted octanol–water partition coefficient (Wildman–Crippen LogP) is 2.30. The van der Waals surface area contributed by atoms with Gasteiger partial charge in [0.15, 0.2) is 0 Å². The van der Waals surface area contributed by atoms with Gasteiger partial charge in [-0.3, -0.25) is 0 Å². The van der Waals surface area contributed by atoms with Gasteiger partial charge in [0.2, 0.25) is 0 Å². The number of nitrogens with one attached hydrogen (secondary N) is 2. The zero-order valence-electron chi connectivity index (χ0n) is 10.3. The van der Waals surface area contributed by atoms with Crippen molar-refractivity contribution in [3.05, 3.63) is 22.1 Å². The molecule has 2 aliphatic rings. The van der Waals surface area contributed by atoms with Gasteiger partial charge in [-0.2, -0.15) is 0 Å². The Morgan fingerprint density at radius 3 is 2.67 bits per heavy atom. The SMILES string of the molecule is CC1(C=N)C(/C=C(\C=N)CN=[N+]=[N-])C1C1(O)CC1. The lowest BCUT2D eigenvalue weighted by Crippen LogP contribution is -2.15. The second-order valence-corrected chi connectivity index (χ2v) is 5.39. The molecule has 2 saturated carbocycles. The molecule has 3 atom stereocenters. The largest absolute Gasteiger partial charge is 0.390 e. The van der Waals surface area contributed by atoms with Crippen LogP contribution in [-0.4, -0.2) is 29.7 Å². The first-order valence-corrected chi connectivity index (χ1v) is 5.98. The molecule has 2 rings (SSSR count). The molecule has 0 amide bonds. The van der Waals surface area contributed by atoms with E-state index in [1.54, 1.807) is 0 Å². The third-order valence-electron chi connectivity index (χ3n) is 4.19. The molecule has 0 aromatic rings. The van der Waals surface area contributed by atoms with Crippen LogP contribution in [0.5, 0.6) is 0 Å². The molecule has 0 bridgehead atoms. The first kappa shape index (κ1) is 12.8. The van der Waals surface area contributed by atoms with Gasteiger partial charge < -0.3 is 15.9 Å². The van der Waals surface area contributed by atoms with E-state index >= 15 is 0 Å². The summed E-state index contributed by atoms with van der Waals surface area (Å²) in [5, 5.41) is 28.4. The monoisotopic (exact) mass is 247 g/mol. The van der Waals surface area contributed by atoms with Gasteiger partial charge in [0.25, 0.3) is 0 Å². The second kappa shape index (κ2) is 4.23. The summed E-state index contributed by atoms with van der Waals surface area (Å²) >= 11 is 0. The van der Waals surface area contributed by atoms with Gasteiger partial charge in [-0.1, -0.05) is 18.1 Å². The number of rotatable bonds is 6. The molecule has 0 heterocycles. The maximum Gasteiger partial charge on any atom is 0.0692 e. The number of hydrogen-bond acceptors (Lipinski definition) is 4. The maximum atomic E-state index is 10.2. The zero-order chi connectivity index (χ0) is 13.4. The highest BCUT2D eigenvalue weighted by atomic mass is 16.3. The lowest BCUT2D eigenvalue weighted by Gasteiger charge is -2.07. The summed E-state index contributed by atoms with van der Waals surface area (Å²) in [5.74, 6) is 0.122. The van der Waals surface area contributed by atoms with Crippen LogP contribution >= 0.6 is 0 Å². The molecule has 2 aliphatic carbocycles. The van der Waals surface area contributed by atoms with E-state index in [2.05, 4.69) is 10.0 Å². The fourth-order valence-electron chi connectivity index (χ4n) is 2.87. The summed E-state index contributed by atoms with van der Waals surface area (Å²) in [4.78, 5) is 2.67. The predicted molar refractivity (Wildman–Crippen MR) is 68.9 cm³/mol. The van der Waals surface area contributed by atoms with Crippen LogP contribution in [0.4, 0.5) is 0 Å². The molecule has 2 fully saturated rings.